The van der Waals surface area contributed by atoms with Gasteiger partial charge in [0.05, 0.1) is 94.4 Å². The molecule has 0 unspecified atom stereocenters. The van der Waals surface area contributed by atoms with Crippen LogP contribution in [0.4, 0.5) is 0 Å². The lowest BCUT2D eigenvalue weighted by atomic mass is 9.71. The van der Waals surface area contributed by atoms with Gasteiger partial charge in [-0.15, -0.1) is 0 Å². The number of likely N-dealkylation sites (N-methyl/N-ethyl adjacent to an activating group) is 2. The standard InChI is InChI=1S/C40H46N6O6.C36H34N4O8/c1-22-37(49-4)26-17-29-34-33-27(38(50-5)23(2)40(52-7)36(33)48)16-28(44(34)3)30(18-41)46(29)31(32(26)35(47)39(22)51-6)21-45(19-24-12-8-10-14-42-24)20-25-13-9-11-15-43-25;1-16-10-19-11-23-25(13-37)40-24(29(38(23)4)27(19)30(42)31(16)45-5)12-22-28(34-33(46-15-47-34)17(2)32(22)48-18(3)41)26(40)14-39-35(43)20-8-6-7-9-21(20)36(39)44/h8-15,28-31,34,47-48H,16-17,19-21H2,1-7H3;6-10,23-26,29,42H,11-12,14-15H2,1-5H3/t28-,29-,30-,31-,34-;23-,24-,25-,26-,29-/m00/s1. The number of rotatable bonds is 14. The van der Waals surface area contributed by atoms with Gasteiger partial charge in [0.25, 0.3) is 11.8 Å². The molecule has 0 aliphatic carbocycles. The molecule has 10 atom stereocenters. The Hall–Kier alpha value is -10.2. The molecule has 24 heteroatoms. The summed E-state index contributed by atoms with van der Waals surface area (Å²) in [7, 11) is 11.9. The number of aryl methyl sites for hydroxylation is 1. The number of imide groups is 1. The summed E-state index contributed by atoms with van der Waals surface area (Å²) in [5.74, 6) is 2.38. The van der Waals surface area contributed by atoms with E-state index in [4.69, 9.17) is 37.9 Å². The zero-order chi connectivity index (χ0) is 70.6. The van der Waals surface area contributed by atoms with Crippen molar-refractivity contribution in [2.75, 3.05) is 69.5 Å². The summed E-state index contributed by atoms with van der Waals surface area (Å²) in [4.78, 5) is 61.7. The number of nitrogens with zero attached hydrogens (tertiary/aromatic N) is 10. The van der Waals surface area contributed by atoms with E-state index in [1.54, 1.807) is 72.0 Å². The van der Waals surface area contributed by atoms with Crippen LogP contribution in [0.5, 0.6) is 63.2 Å². The van der Waals surface area contributed by atoms with Crippen molar-refractivity contribution < 1.29 is 67.6 Å². The van der Waals surface area contributed by atoms with Crippen LogP contribution >= 0.6 is 0 Å². The summed E-state index contributed by atoms with van der Waals surface area (Å²) in [6.07, 6.45) is 5.27. The van der Waals surface area contributed by atoms with E-state index in [-0.39, 0.29) is 54.8 Å². The zero-order valence-corrected chi connectivity index (χ0v) is 57.9. The highest BCUT2D eigenvalue weighted by Gasteiger charge is 2.60. The number of phenols is 3. The Morgan fingerprint density at radius 3 is 1.57 bits per heavy atom. The predicted molar refractivity (Wildman–Crippen MR) is 363 cm³/mol. The normalized spacial score (nSPS) is 23.6. The van der Waals surface area contributed by atoms with Crippen molar-refractivity contribution >= 4 is 17.8 Å². The first kappa shape index (κ1) is 67.0. The minimum atomic E-state index is -0.745. The number of fused-ring (bicyclic) bond motifs is 17. The minimum Gasteiger partial charge on any atom is -0.504 e. The van der Waals surface area contributed by atoms with E-state index >= 15 is 0 Å². The fourth-order valence-corrected chi connectivity index (χ4v) is 18.1. The van der Waals surface area contributed by atoms with Crippen LogP contribution in [0.2, 0.25) is 0 Å². The number of carbonyl (C=O) groups excluding carboxylic acids is 3. The number of phenolic OH excluding ortho intramolecular Hbond substituents is 3. The Morgan fingerprint density at radius 2 is 1.05 bits per heavy atom. The van der Waals surface area contributed by atoms with E-state index < -0.39 is 54.0 Å². The third-order valence-electron chi connectivity index (χ3n) is 22.1. The van der Waals surface area contributed by atoms with Gasteiger partial charge in [0.2, 0.25) is 6.79 Å². The highest BCUT2D eigenvalue weighted by molar-refractivity contribution is 6.21. The molecule has 4 bridgehead atoms. The molecule has 2 fully saturated rings. The van der Waals surface area contributed by atoms with Crippen molar-refractivity contribution in [3.63, 3.8) is 0 Å². The Kier molecular flexibility index (Phi) is 17.5. The molecular formula is C76H80N10O14. The average Bonchev–Trinajstić information content (AvgIpc) is 0.818. The number of hydrogen-bond acceptors (Lipinski definition) is 23. The second-order valence-corrected chi connectivity index (χ2v) is 27.0. The van der Waals surface area contributed by atoms with Crippen LogP contribution in [0.3, 0.4) is 0 Å². The fraction of sp³-hybridized carbons (Fsp3) is 0.408. The number of methoxy groups -OCH3 is 5. The quantitative estimate of drug-likeness (QED) is 0.0521. The molecule has 8 aliphatic rings. The van der Waals surface area contributed by atoms with E-state index in [2.05, 4.69) is 46.6 Å². The first-order valence-electron chi connectivity index (χ1n) is 33.5. The van der Waals surface area contributed by atoms with E-state index in [1.807, 2.05) is 77.3 Å². The van der Waals surface area contributed by atoms with Gasteiger partial charge in [0.1, 0.15) is 29.3 Å². The number of hydrogen-bond donors (Lipinski definition) is 3. The fourth-order valence-electron chi connectivity index (χ4n) is 18.1. The van der Waals surface area contributed by atoms with Crippen LogP contribution in [0.1, 0.15) is 130 Å². The van der Waals surface area contributed by atoms with E-state index in [1.165, 1.54) is 18.9 Å². The van der Waals surface area contributed by atoms with Crippen molar-refractivity contribution in [1.29, 1.82) is 10.5 Å². The number of nitriles is 2. The van der Waals surface area contributed by atoms with Crippen LogP contribution in [-0.2, 0) is 43.6 Å². The summed E-state index contributed by atoms with van der Waals surface area (Å²) >= 11 is 0. The van der Waals surface area contributed by atoms with Crippen LogP contribution in [0, 0.1) is 50.4 Å². The van der Waals surface area contributed by atoms with Gasteiger partial charge in [-0.05, 0) is 115 Å². The summed E-state index contributed by atoms with van der Waals surface area (Å²) < 4.78 is 47.3. The first-order valence-corrected chi connectivity index (χ1v) is 33.5. The maximum absolute atomic E-state index is 13.8. The highest BCUT2D eigenvalue weighted by atomic mass is 16.7. The lowest BCUT2D eigenvalue weighted by Crippen LogP contribution is -2.68. The Labute approximate surface area is 579 Å². The van der Waals surface area contributed by atoms with Crippen molar-refractivity contribution in [3.8, 4) is 75.4 Å². The molecule has 2 saturated heterocycles. The third kappa shape index (κ3) is 10.3. The summed E-state index contributed by atoms with van der Waals surface area (Å²) in [6.45, 7) is 10.0. The SMILES string of the molecule is COc1c(C)c(OC)c2c(c1O)[C@@H]1[C@@H]3Cc4c(OC)c(C)c(OC)c(O)c4[C@H](CN(Cc4ccccn4)Cc4ccccn4)N3[C@@H](C#N)[C@H](C2)N1C.COc1c(C)cc2c(c1O)[C@@H]1[C@@H]3Cc4c(OC(C)=O)c(C)c5c(c4[C@H](CN4C(=O)c6ccccc6C4=O)N3[C@@H](C#N)[C@H](C2)N1C)OCO5. The molecule has 24 nitrogen and oxygen atoms in total. The number of pyridine rings is 2. The van der Waals surface area contributed by atoms with Gasteiger partial charge in [-0.2, -0.15) is 10.5 Å². The summed E-state index contributed by atoms with van der Waals surface area (Å²) in [5, 5.41) is 57.9. The maximum Gasteiger partial charge on any atom is 0.308 e. The van der Waals surface area contributed by atoms with Gasteiger partial charge in [-0.3, -0.25) is 53.8 Å². The van der Waals surface area contributed by atoms with Crippen molar-refractivity contribution in [2.24, 2.45) is 0 Å². The van der Waals surface area contributed by atoms with Crippen molar-refractivity contribution in [2.45, 2.75) is 134 Å². The van der Waals surface area contributed by atoms with Crippen molar-refractivity contribution in [3.05, 3.63) is 168 Å². The van der Waals surface area contributed by atoms with Crippen LogP contribution in [0.25, 0.3) is 0 Å². The molecule has 3 N–H and O–H groups in total. The number of amides is 2. The molecule has 100 heavy (non-hydrogen) atoms. The highest BCUT2D eigenvalue weighted by Crippen LogP contribution is 2.62. The van der Waals surface area contributed by atoms with Gasteiger partial charge >= 0.3 is 5.97 Å². The van der Waals surface area contributed by atoms with Gasteiger partial charge < -0.3 is 53.2 Å². The predicted octanol–water partition coefficient (Wildman–Crippen LogP) is 8.75. The van der Waals surface area contributed by atoms with Gasteiger partial charge in [-0.25, -0.2) is 0 Å². The molecule has 2 amide bonds. The molecule has 0 saturated carbocycles. The smallest absolute Gasteiger partial charge is 0.308 e. The first-order chi connectivity index (χ1) is 48.2. The Balaban J connectivity index is 0.000000171. The van der Waals surface area contributed by atoms with E-state index in [0.717, 1.165) is 44.8 Å². The lowest BCUT2D eigenvalue weighted by Gasteiger charge is -2.60. The van der Waals surface area contributed by atoms with Gasteiger partial charge in [0.15, 0.2) is 46.0 Å². The molecule has 518 valence electrons. The van der Waals surface area contributed by atoms with Crippen molar-refractivity contribution in [1.82, 2.24) is 39.4 Å². The zero-order valence-electron chi connectivity index (χ0n) is 57.9. The number of ether oxygens (including phenoxy) is 8. The van der Waals surface area contributed by atoms with E-state index in [0.29, 0.717) is 136 Å². The summed E-state index contributed by atoms with van der Waals surface area (Å²) in [5.41, 5.74) is 11.3. The lowest BCUT2D eigenvalue weighted by molar-refractivity contribution is -0.132. The minimum absolute atomic E-state index is 0.0397. The Morgan fingerprint density at radius 1 is 0.580 bits per heavy atom. The summed E-state index contributed by atoms with van der Waals surface area (Å²) in [6, 6.07) is 21.1. The molecule has 15 rings (SSSR count). The second kappa shape index (κ2) is 26.1. The Bertz CT molecular complexity index is 4500. The molecule has 8 aliphatic heterocycles. The third-order valence-corrected chi connectivity index (χ3v) is 22.1. The molecule has 2 aromatic heterocycles. The molecule has 10 heterocycles. The monoisotopic (exact) mass is 1360 g/mol. The van der Waals surface area contributed by atoms with Crippen LogP contribution in [0.15, 0.2) is 79.1 Å². The van der Waals surface area contributed by atoms with Crippen LogP contribution in [-0.4, -0.2) is 178 Å². The molecule has 0 spiro atoms. The number of aromatic nitrogens is 2. The van der Waals surface area contributed by atoms with E-state index in [9.17, 15) is 40.2 Å². The number of piperazine rings is 2. The second-order valence-electron chi connectivity index (χ2n) is 27.0. The number of carbonyl (C=O) groups is 3. The van der Waals surface area contributed by atoms with Gasteiger partial charge in [-0.1, -0.05) is 30.3 Å². The molecule has 7 aromatic rings. The number of esters is 1. The van der Waals surface area contributed by atoms with Gasteiger partial charge in [0, 0.05) is 125 Å². The topological polar surface area (TPSA) is 279 Å². The largest absolute Gasteiger partial charge is 0.504 e. The molecular weight excluding hydrogens is 1280 g/mol. The van der Waals surface area contributed by atoms with Crippen LogP contribution < -0.4 is 37.9 Å². The number of aromatic hydroxyl groups is 3. The number of benzene rings is 5. The average molecular weight is 1360 g/mol. The maximum atomic E-state index is 13.8. The molecule has 5 aromatic carbocycles. The molecule has 0 radical (unpaired) electrons.